The lowest BCUT2D eigenvalue weighted by atomic mass is 10.0. The van der Waals surface area contributed by atoms with Gasteiger partial charge in [-0.15, -0.1) is 12.4 Å². The molecule has 0 unspecified atom stereocenters. The minimum absolute atomic E-state index is 0. The van der Waals surface area contributed by atoms with Gasteiger partial charge in [0.05, 0.1) is 12.6 Å². The molecular formula is C11H22ClF2N3O. The zero-order chi connectivity index (χ0) is 13.0. The molecule has 7 heteroatoms. The average molecular weight is 286 g/mol. The van der Waals surface area contributed by atoms with E-state index in [0.717, 1.165) is 0 Å². The Labute approximate surface area is 113 Å². The molecular weight excluding hydrogens is 264 g/mol. The van der Waals surface area contributed by atoms with Crippen molar-refractivity contribution in [2.24, 2.45) is 11.7 Å². The molecule has 2 N–H and O–H groups in total. The predicted molar refractivity (Wildman–Crippen MR) is 69.1 cm³/mol. The van der Waals surface area contributed by atoms with Gasteiger partial charge < -0.3 is 10.6 Å². The fourth-order valence-corrected chi connectivity index (χ4v) is 1.84. The Bertz CT molecular complexity index is 259. The molecule has 0 radical (unpaired) electrons. The van der Waals surface area contributed by atoms with Gasteiger partial charge in [0.2, 0.25) is 5.91 Å². The number of piperazine rings is 1. The summed E-state index contributed by atoms with van der Waals surface area (Å²) in [4.78, 5) is 15.3. The van der Waals surface area contributed by atoms with Crippen LogP contribution in [0.1, 0.15) is 13.8 Å². The molecule has 0 bridgehead atoms. The van der Waals surface area contributed by atoms with Gasteiger partial charge in [-0.25, -0.2) is 8.78 Å². The number of hydrogen-bond acceptors (Lipinski definition) is 3. The van der Waals surface area contributed by atoms with Gasteiger partial charge in [-0.3, -0.25) is 9.69 Å². The first-order valence-corrected chi connectivity index (χ1v) is 5.96. The number of carbonyl (C=O) groups is 1. The van der Waals surface area contributed by atoms with Gasteiger partial charge in [0.25, 0.3) is 6.43 Å². The van der Waals surface area contributed by atoms with Crippen molar-refractivity contribution in [3.63, 3.8) is 0 Å². The minimum Gasteiger partial charge on any atom is -0.339 e. The summed E-state index contributed by atoms with van der Waals surface area (Å²) in [5.41, 5.74) is 5.78. The van der Waals surface area contributed by atoms with E-state index in [1.165, 1.54) is 0 Å². The summed E-state index contributed by atoms with van der Waals surface area (Å²) in [6.45, 7) is 5.57. The van der Waals surface area contributed by atoms with E-state index in [0.29, 0.717) is 26.2 Å². The number of alkyl halides is 2. The fourth-order valence-electron chi connectivity index (χ4n) is 1.84. The fraction of sp³-hybridized carbons (Fsp3) is 0.909. The van der Waals surface area contributed by atoms with E-state index in [9.17, 15) is 13.6 Å². The lowest BCUT2D eigenvalue weighted by Gasteiger charge is -2.36. The van der Waals surface area contributed by atoms with Crippen molar-refractivity contribution in [3.05, 3.63) is 0 Å². The van der Waals surface area contributed by atoms with Gasteiger partial charge >= 0.3 is 0 Å². The molecule has 1 aliphatic heterocycles. The van der Waals surface area contributed by atoms with E-state index < -0.39 is 12.5 Å². The Kier molecular flexibility index (Phi) is 7.66. The zero-order valence-electron chi connectivity index (χ0n) is 10.8. The third-order valence-electron chi connectivity index (χ3n) is 3.08. The van der Waals surface area contributed by atoms with Gasteiger partial charge in [-0.05, 0) is 5.92 Å². The number of hydrogen-bond donors (Lipinski definition) is 1. The Morgan fingerprint density at radius 2 is 1.72 bits per heavy atom. The number of nitrogens with zero attached hydrogens (tertiary/aromatic N) is 2. The van der Waals surface area contributed by atoms with E-state index in [4.69, 9.17) is 5.73 Å². The van der Waals surface area contributed by atoms with Crippen molar-refractivity contribution >= 4 is 18.3 Å². The lowest BCUT2D eigenvalue weighted by molar-refractivity contribution is -0.135. The van der Waals surface area contributed by atoms with E-state index in [2.05, 4.69) is 0 Å². The number of halogens is 3. The van der Waals surface area contributed by atoms with Crippen LogP contribution < -0.4 is 5.73 Å². The van der Waals surface area contributed by atoms with Crippen LogP contribution in [0.5, 0.6) is 0 Å². The van der Waals surface area contributed by atoms with Crippen LogP contribution in [0.3, 0.4) is 0 Å². The van der Waals surface area contributed by atoms with E-state index in [1.54, 1.807) is 9.80 Å². The molecule has 1 saturated heterocycles. The van der Waals surface area contributed by atoms with Crippen molar-refractivity contribution in [1.82, 2.24) is 9.80 Å². The Morgan fingerprint density at radius 1 is 1.22 bits per heavy atom. The van der Waals surface area contributed by atoms with Crippen LogP contribution >= 0.6 is 12.4 Å². The SMILES string of the molecule is CC(C)[C@H](N)C(=O)N1CCN(CC(F)F)CC1.Cl. The highest BCUT2D eigenvalue weighted by atomic mass is 35.5. The van der Waals surface area contributed by atoms with E-state index in [1.807, 2.05) is 13.8 Å². The van der Waals surface area contributed by atoms with Crippen LogP contribution in [0.4, 0.5) is 8.78 Å². The maximum atomic E-state index is 12.2. The first-order chi connectivity index (χ1) is 7.91. The average Bonchev–Trinajstić information content (AvgIpc) is 2.27. The molecule has 108 valence electrons. The molecule has 0 spiro atoms. The predicted octanol–water partition coefficient (Wildman–Crippen LogP) is 0.801. The van der Waals surface area contributed by atoms with Crippen LogP contribution in [-0.4, -0.2) is 60.9 Å². The van der Waals surface area contributed by atoms with Crippen LogP contribution in [-0.2, 0) is 4.79 Å². The topological polar surface area (TPSA) is 49.6 Å². The normalized spacial score (nSPS) is 18.9. The molecule has 1 aliphatic rings. The summed E-state index contributed by atoms with van der Waals surface area (Å²) in [5.74, 6) is 0.0262. The third-order valence-corrected chi connectivity index (χ3v) is 3.08. The molecule has 1 atom stereocenters. The molecule has 1 fully saturated rings. The van der Waals surface area contributed by atoms with Crippen molar-refractivity contribution in [2.75, 3.05) is 32.7 Å². The second-order valence-electron chi connectivity index (χ2n) is 4.79. The highest BCUT2D eigenvalue weighted by Crippen LogP contribution is 2.09. The van der Waals surface area contributed by atoms with Crippen molar-refractivity contribution in [1.29, 1.82) is 0 Å². The smallest absolute Gasteiger partial charge is 0.251 e. The molecule has 1 heterocycles. The molecule has 0 aromatic carbocycles. The zero-order valence-corrected chi connectivity index (χ0v) is 11.6. The van der Waals surface area contributed by atoms with Gasteiger partial charge in [0.15, 0.2) is 0 Å². The highest BCUT2D eigenvalue weighted by Gasteiger charge is 2.27. The Balaban J connectivity index is 0.00000289. The monoisotopic (exact) mass is 285 g/mol. The summed E-state index contributed by atoms with van der Waals surface area (Å²) in [7, 11) is 0. The number of rotatable bonds is 4. The highest BCUT2D eigenvalue weighted by molar-refractivity contribution is 5.85. The molecule has 0 aromatic heterocycles. The van der Waals surface area contributed by atoms with E-state index >= 15 is 0 Å². The summed E-state index contributed by atoms with van der Waals surface area (Å²) >= 11 is 0. The number of nitrogens with two attached hydrogens (primary N) is 1. The lowest BCUT2D eigenvalue weighted by Crippen LogP contribution is -2.54. The van der Waals surface area contributed by atoms with Gasteiger partial charge in [-0.1, -0.05) is 13.8 Å². The maximum Gasteiger partial charge on any atom is 0.251 e. The summed E-state index contributed by atoms with van der Waals surface area (Å²) in [6, 6.07) is -0.489. The molecule has 0 aliphatic carbocycles. The van der Waals surface area contributed by atoms with E-state index in [-0.39, 0.29) is 30.8 Å². The van der Waals surface area contributed by atoms with Crippen molar-refractivity contribution < 1.29 is 13.6 Å². The molecule has 0 saturated carbocycles. The molecule has 1 amide bonds. The van der Waals surface area contributed by atoms with Gasteiger partial charge in [0, 0.05) is 26.2 Å². The Morgan fingerprint density at radius 3 is 2.11 bits per heavy atom. The standard InChI is InChI=1S/C11H21F2N3O.ClH/c1-8(2)10(14)11(17)16-5-3-15(4-6-16)7-9(12)13;/h8-10H,3-7,14H2,1-2H3;1H/t10-;/m0./s1. The summed E-state index contributed by atoms with van der Waals surface area (Å²) in [6.07, 6.45) is -2.31. The summed E-state index contributed by atoms with van der Waals surface area (Å²) < 4.78 is 24.3. The maximum absolute atomic E-state index is 12.2. The van der Waals surface area contributed by atoms with Crippen LogP contribution in [0.15, 0.2) is 0 Å². The minimum atomic E-state index is -2.31. The first kappa shape index (κ1) is 17.5. The van der Waals surface area contributed by atoms with Gasteiger partial charge in [0.1, 0.15) is 0 Å². The second kappa shape index (κ2) is 7.86. The largest absolute Gasteiger partial charge is 0.339 e. The molecule has 4 nitrogen and oxygen atoms in total. The van der Waals surface area contributed by atoms with Crippen LogP contribution in [0, 0.1) is 5.92 Å². The number of amides is 1. The number of carbonyl (C=O) groups excluding carboxylic acids is 1. The second-order valence-corrected chi connectivity index (χ2v) is 4.79. The van der Waals surface area contributed by atoms with Crippen LogP contribution in [0.2, 0.25) is 0 Å². The van der Waals surface area contributed by atoms with Crippen molar-refractivity contribution in [2.45, 2.75) is 26.3 Å². The summed E-state index contributed by atoms with van der Waals surface area (Å²) in [5, 5.41) is 0. The quantitative estimate of drug-likeness (QED) is 0.831. The van der Waals surface area contributed by atoms with Crippen LogP contribution in [0.25, 0.3) is 0 Å². The molecule has 18 heavy (non-hydrogen) atoms. The Hall–Kier alpha value is -0.460. The third kappa shape index (κ3) is 5.04. The first-order valence-electron chi connectivity index (χ1n) is 5.96. The van der Waals surface area contributed by atoms with Crippen molar-refractivity contribution in [3.8, 4) is 0 Å². The van der Waals surface area contributed by atoms with Gasteiger partial charge in [-0.2, -0.15) is 0 Å². The molecule has 0 aromatic rings. The molecule has 1 rings (SSSR count).